The summed E-state index contributed by atoms with van der Waals surface area (Å²) < 4.78 is 4.58. The van der Waals surface area contributed by atoms with Crippen LogP contribution < -0.4 is 9.13 Å². The molecule has 0 saturated carbocycles. The van der Waals surface area contributed by atoms with E-state index in [0.717, 1.165) is 11.2 Å². The molecule has 0 amide bonds. The van der Waals surface area contributed by atoms with Gasteiger partial charge in [0.15, 0.2) is 18.1 Å². The summed E-state index contributed by atoms with van der Waals surface area (Å²) in [5.74, 6) is 0.980. The molecule has 0 aliphatic carbocycles. The normalized spacial score (nSPS) is 11.3. The Bertz CT molecular complexity index is 1430. The average molecular weight is 392 g/mol. The predicted molar refractivity (Wildman–Crippen MR) is 121 cm³/mol. The van der Waals surface area contributed by atoms with Gasteiger partial charge in [0.1, 0.15) is 11.2 Å². The second kappa shape index (κ2) is 7.03. The van der Waals surface area contributed by atoms with E-state index in [4.69, 9.17) is 0 Å². The Morgan fingerprint density at radius 1 is 0.700 bits per heavy atom. The van der Waals surface area contributed by atoms with Crippen molar-refractivity contribution in [1.82, 2.24) is 4.98 Å². The van der Waals surface area contributed by atoms with E-state index in [1.165, 1.54) is 44.5 Å². The molecular weight excluding hydrogens is 366 g/mol. The molecule has 0 fully saturated rings. The van der Waals surface area contributed by atoms with Gasteiger partial charge in [-0.15, -0.1) is 0 Å². The first-order chi connectivity index (χ1) is 14.5. The van der Waals surface area contributed by atoms with Gasteiger partial charge in [0, 0.05) is 31.4 Å². The number of para-hydroxylation sites is 1. The fourth-order valence-corrected chi connectivity index (χ4v) is 4.36. The smallest absolute Gasteiger partial charge is 0.192 e. The molecule has 2 heterocycles. The molecule has 3 heteroatoms. The molecule has 0 radical (unpaired) electrons. The molecule has 0 saturated heterocycles. The number of nitrogens with zero attached hydrogens (tertiary/aromatic N) is 3. The third-order valence-electron chi connectivity index (χ3n) is 5.90. The van der Waals surface area contributed by atoms with E-state index in [1.54, 1.807) is 0 Å². The first-order valence-electron chi connectivity index (χ1n) is 10.3. The number of aryl methyl sites for hydroxylation is 3. The molecule has 2 aromatic heterocycles. The standard InChI is InChI=1S/C27H25N3/c1-18-13-26(29-17-24-11-6-5-9-22(24)15-19(29)2)20(3)27(14-18)30-21(4)28-16-23-10-7-8-12-25(23)30/h5-17H,1-4H3/q+2. The van der Waals surface area contributed by atoms with Crippen molar-refractivity contribution in [3.63, 3.8) is 0 Å². The van der Waals surface area contributed by atoms with Crippen LogP contribution in [0.3, 0.4) is 0 Å². The van der Waals surface area contributed by atoms with Gasteiger partial charge in [-0.05, 0) is 49.1 Å². The van der Waals surface area contributed by atoms with E-state index in [0.29, 0.717) is 0 Å². The molecule has 3 aromatic carbocycles. The molecule has 5 aromatic rings. The van der Waals surface area contributed by atoms with Gasteiger partial charge in [-0.2, -0.15) is 9.13 Å². The van der Waals surface area contributed by atoms with Crippen LogP contribution in [0.5, 0.6) is 0 Å². The zero-order chi connectivity index (χ0) is 20.8. The minimum atomic E-state index is 0.980. The molecule has 0 N–H and O–H groups in total. The highest BCUT2D eigenvalue weighted by atomic mass is 15.1. The summed E-state index contributed by atoms with van der Waals surface area (Å²) in [5.41, 5.74) is 7.22. The van der Waals surface area contributed by atoms with Crippen LogP contribution in [0.1, 0.15) is 22.6 Å². The lowest BCUT2D eigenvalue weighted by Gasteiger charge is -2.12. The quantitative estimate of drug-likeness (QED) is 0.380. The molecule has 3 nitrogen and oxygen atoms in total. The van der Waals surface area contributed by atoms with Gasteiger partial charge in [0.2, 0.25) is 5.69 Å². The number of fused-ring (bicyclic) bond motifs is 2. The van der Waals surface area contributed by atoms with Gasteiger partial charge in [-0.1, -0.05) is 35.3 Å². The monoisotopic (exact) mass is 391 g/mol. The topological polar surface area (TPSA) is 20.6 Å². The number of aromatic nitrogens is 3. The van der Waals surface area contributed by atoms with E-state index < -0.39 is 0 Å². The number of rotatable bonds is 2. The van der Waals surface area contributed by atoms with Gasteiger partial charge < -0.3 is 0 Å². The first-order valence-corrected chi connectivity index (χ1v) is 10.3. The Kier molecular flexibility index (Phi) is 4.32. The Balaban J connectivity index is 1.82. The molecule has 0 aliphatic rings. The maximum Gasteiger partial charge on any atom is 0.300 e. The fraction of sp³-hybridized carbons (Fsp3) is 0.148. The third kappa shape index (κ3) is 2.94. The van der Waals surface area contributed by atoms with Crippen LogP contribution in [-0.4, -0.2) is 4.98 Å². The SMILES string of the molecule is Cc1cc(-[n+]2cc3ccccc3cc2C)c(C)c(-[n+]2c(C)ncc3ccccc32)c1. The second-order valence-corrected chi connectivity index (χ2v) is 8.04. The maximum atomic E-state index is 4.67. The highest BCUT2D eigenvalue weighted by Gasteiger charge is 2.24. The fourth-order valence-electron chi connectivity index (χ4n) is 4.36. The van der Waals surface area contributed by atoms with Gasteiger partial charge in [-0.3, -0.25) is 0 Å². The lowest BCUT2D eigenvalue weighted by atomic mass is 10.1. The van der Waals surface area contributed by atoms with Crippen molar-refractivity contribution >= 4 is 21.7 Å². The Morgan fingerprint density at radius 2 is 1.37 bits per heavy atom. The van der Waals surface area contributed by atoms with Gasteiger partial charge in [-0.25, -0.2) is 0 Å². The van der Waals surface area contributed by atoms with Crippen LogP contribution in [0.25, 0.3) is 33.1 Å². The lowest BCUT2D eigenvalue weighted by Crippen LogP contribution is -2.40. The highest BCUT2D eigenvalue weighted by molar-refractivity contribution is 5.81. The summed E-state index contributed by atoms with van der Waals surface area (Å²) in [4.78, 5) is 4.67. The Morgan fingerprint density at radius 3 is 2.17 bits per heavy atom. The molecule has 0 unspecified atom stereocenters. The van der Waals surface area contributed by atoms with E-state index in [-0.39, 0.29) is 0 Å². The minimum Gasteiger partial charge on any atom is -0.192 e. The van der Waals surface area contributed by atoms with Crippen molar-refractivity contribution in [1.29, 1.82) is 0 Å². The maximum absolute atomic E-state index is 4.67. The second-order valence-electron chi connectivity index (χ2n) is 8.04. The van der Waals surface area contributed by atoms with Crippen molar-refractivity contribution in [2.75, 3.05) is 0 Å². The zero-order valence-corrected chi connectivity index (χ0v) is 17.8. The summed E-state index contributed by atoms with van der Waals surface area (Å²) in [6.07, 6.45) is 4.20. The summed E-state index contributed by atoms with van der Waals surface area (Å²) >= 11 is 0. The summed E-state index contributed by atoms with van der Waals surface area (Å²) in [5, 5.41) is 3.64. The molecule has 0 spiro atoms. The molecule has 0 atom stereocenters. The number of hydrogen-bond acceptors (Lipinski definition) is 1. The van der Waals surface area contributed by atoms with E-state index in [1.807, 2.05) is 6.20 Å². The summed E-state index contributed by atoms with van der Waals surface area (Å²) in [6, 6.07) is 23.8. The Labute approximate surface area is 176 Å². The van der Waals surface area contributed by atoms with Crippen molar-refractivity contribution in [3.8, 4) is 11.4 Å². The highest BCUT2D eigenvalue weighted by Crippen LogP contribution is 2.22. The van der Waals surface area contributed by atoms with Crippen LogP contribution in [0.2, 0.25) is 0 Å². The Hall–Kier alpha value is -3.59. The minimum absolute atomic E-state index is 0.980. The average Bonchev–Trinajstić information content (AvgIpc) is 2.75. The number of pyridine rings is 1. The van der Waals surface area contributed by atoms with Crippen molar-refractivity contribution in [3.05, 3.63) is 102 Å². The van der Waals surface area contributed by atoms with Gasteiger partial charge >= 0.3 is 5.82 Å². The summed E-state index contributed by atoms with van der Waals surface area (Å²) in [7, 11) is 0. The molecule has 30 heavy (non-hydrogen) atoms. The van der Waals surface area contributed by atoms with Crippen LogP contribution >= 0.6 is 0 Å². The largest absolute Gasteiger partial charge is 0.300 e. The molecule has 0 bridgehead atoms. The number of benzene rings is 3. The molecule has 0 aliphatic heterocycles. The third-order valence-corrected chi connectivity index (χ3v) is 5.90. The molecule has 146 valence electrons. The van der Waals surface area contributed by atoms with Crippen molar-refractivity contribution in [2.45, 2.75) is 27.7 Å². The van der Waals surface area contributed by atoms with Crippen LogP contribution in [-0.2, 0) is 0 Å². The predicted octanol–water partition coefficient (Wildman–Crippen LogP) is 5.18. The van der Waals surface area contributed by atoms with E-state index >= 15 is 0 Å². The number of hydrogen-bond donors (Lipinski definition) is 0. The van der Waals surface area contributed by atoms with Crippen LogP contribution in [0.4, 0.5) is 0 Å². The van der Waals surface area contributed by atoms with Crippen molar-refractivity contribution < 1.29 is 9.13 Å². The van der Waals surface area contributed by atoms with Crippen LogP contribution in [0.15, 0.2) is 79.1 Å². The first kappa shape index (κ1) is 18.4. The van der Waals surface area contributed by atoms with Gasteiger partial charge in [0.25, 0.3) is 0 Å². The van der Waals surface area contributed by atoms with E-state index in [2.05, 4.69) is 115 Å². The van der Waals surface area contributed by atoms with Crippen LogP contribution in [0, 0.1) is 27.7 Å². The van der Waals surface area contributed by atoms with E-state index in [9.17, 15) is 0 Å². The van der Waals surface area contributed by atoms with Gasteiger partial charge in [0.05, 0.1) is 10.9 Å². The molecule has 5 rings (SSSR count). The molecular formula is C27H25N3+2. The summed E-state index contributed by atoms with van der Waals surface area (Å²) in [6.45, 7) is 8.62. The zero-order valence-electron chi connectivity index (χ0n) is 17.8. The van der Waals surface area contributed by atoms with Crippen molar-refractivity contribution in [2.24, 2.45) is 0 Å². The lowest BCUT2D eigenvalue weighted by molar-refractivity contribution is -0.604.